The molecule has 1 aromatic heterocycles. The summed E-state index contributed by atoms with van der Waals surface area (Å²) in [6, 6.07) is 0.290. The molecule has 1 unspecified atom stereocenters. The van der Waals surface area contributed by atoms with Gasteiger partial charge < -0.3 is 4.90 Å². The molecular weight excluding hydrogens is 268 g/mol. The van der Waals surface area contributed by atoms with E-state index in [-0.39, 0.29) is 17.0 Å². The first-order valence-electron chi connectivity index (χ1n) is 6.49. The second-order valence-corrected chi connectivity index (χ2v) is 5.10. The average Bonchev–Trinajstić information content (AvgIpc) is 2.37. The number of rotatable bonds is 3. The highest BCUT2D eigenvalue weighted by molar-refractivity contribution is 6.28. The Morgan fingerprint density at radius 2 is 2.21 bits per heavy atom. The first-order valence-corrected chi connectivity index (χ1v) is 6.87. The summed E-state index contributed by atoms with van der Waals surface area (Å²) in [6.07, 6.45) is 4.15. The quantitative estimate of drug-likeness (QED) is 0.484. The van der Waals surface area contributed by atoms with Crippen LogP contribution < -0.4 is 4.90 Å². The number of hydrogen-bond donors (Lipinski definition) is 0. The summed E-state index contributed by atoms with van der Waals surface area (Å²) in [5.74, 6) is 0.369. The summed E-state index contributed by atoms with van der Waals surface area (Å²) < 4.78 is 0. The minimum Gasteiger partial charge on any atom is -0.348 e. The lowest BCUT2D eigenvalue weighted by molar-refractivity contribution is -0.385. The van der Waals surface area contributed by atoms with Crippen LogP contribution in [-0.2, 0) is 0 Å². The van der Waals surface area contributed by atoms with Gasteiger partial charge in [0.05, 0.1) is 4.92 Å². The molecule has 1 fully saturated rings. The van der Waals surface area contributed by atoms with Gasteiger partial charge in [-0.15, -0.1) is 0 Å². The van der Waals surface area contributed by atoms with Crippen LogP contribution in [0.5, 0.6) is 0 Å². The molecule has 0 amide bonds. The zero-order valence-electron chi connectivity index (χ0n) is 11.1. The van der Waals surface area contributed by atoms with Crippen LogP contribution in [0.2, 0.25) is 5.28 Å². The van der Waals surface area contributed by atoms with Crippen molar-refractivity contribution < 1.29 is 4.92 Å². The smallest absolute Gasteiger partial charge is 0.332 e. The van der Waals surface area contributed by atoms with Gasteiger partial charge in [0, 0.05) is 12.6 Å². The maximum Gasteiger partial charge on any atom is 0.332 e. The minimum absolute atomic E-state index is 0.0234. The van der Waals surface area contributed by atoms with E-state index in [1.807, 2.05) is 4.90 Å². The van der Waals surface area contributed by atoms with Crippen LogP contribution in [0.4, 0.5) is 11.5 Å². The molecule has 0 radical (unpaired) electrons. The fraction of sp³-hybridized carbons (Fsp3) is 0.667. The van der Waals surface area contributed by atoms with Crippen molar-refractivity contribution in [3.8, 4) is 0 Å². The lowest BCUT2D eigenvalue weighted by Crippen LogP contribution is -2.40. The molecule has 1 aliphatic rings. The van der Waals surface area contributed by atoms with Gasteiger partial charge in [-0.2, -0.15) is 4.98 Å². The van der Waals surface area contributed by atoms with Gasteiger partial charge in [-0.05, 0) is 44.2 Å². The third-order valence-corrected chi connectivity index (χ3v) is 3.73. The average molecular weight is 285 g/mol. The predicted molar refractivity (Wildman–Crippen MR) is 73.7 cm³/mol. The molecule has 1 aliphatic heterocycles. The van der Waals surface area contributed by atoms with E-state index in [0.29, 0.717) is 11.5 Å². The molecule has 1 saturated heterocycles. The van der Waals surface area contributed by atoms with Crippen molar-refractivity contribution >= 4 is 23.1 Å². The van der Waals surface area contributed by atoms with E-state index in [1.165, 1.54) is 0 Å². The van der Waals surface area contributed by atoms with Crippen molar-refractivity contribution in [1.82, 2.24) is 9.97 Å². The van der Waals surface area contributed by atoms with Crippen LogP contribution in [0.1, 0.15) is 38.3 Å². The van der Waals surface area contributed by atoms with Gasteiger partial charge in [-0.3, -0.25) is 10.1 Å². The Balaban J connectivity index is 2.50. The molecular formula is C12H17ClN4O2. The van der Waals surface area contributed by atoms with E-state index in [4.69, 9.17) is 11.6 Å². The van der Waals surface area contributed by atoms with E-state index in [2.05, 4.69) is 16.9 Å². The van der Waals surface area contributed by atoms with Gasteiger partial charge >= 0.3 is 5.69 Å². The van der Waals surface area contributed by atoms with E-state index < -0.39 is 4.92 Å². The molecule has 7 heteroatoms. The fourth-order valence-electron chi connectivity index (χ4n) is 2.64. The molecule has 0 bridgehead atoms. The van der Waals surface area contributed by atoms with Crippen LogP contribution >= 0.6 is 11.6 Å². The summed E-state index contributed by atoms with van der Waals surface area (Å²) in [7, 11) is 0. The summed E-state index contributed by atoms with van der Waals surface area (Å²) >= 11 is 5.87. The van der Waals surface area contributed by atoms with Gasteiger partial charge in [0.25, 0.3) is 0 Å². The first kappa shape index (κ1) is 14.0. The molecule has 2 rings (SSSR count). The zero-order valence-corrected chi connectivity index (χ0v) is 11.9. The van der Waals surface area contributed by atoms with Crippen LogP contribution in [0.15, 0.2) is 0 Å². The maximum atomic E-state index is 11.2. The Bertz CT molecular complexity index is 495. The number of halogens is 1. The number of nitro groups is 1. The topological polar surface area (TPSA) is 72.2 Å². The Morgan fingerprint density at radius 1 is 1.47 bits per heavy atom. The third kappa shape index (κ3) is 2.78. The number of hydrogen-bond acceptors (Lipinski definition) is 5. The maximum absolute atomic E-state index is 11.2. The van der Waals surface area contributed by atoms with Crippen molar-refractivity contribution in [3.05, 3.63) is 21.1 Å². The minimum atomic E-state index is -0.414. The van der Waals surface area contributed by atoms with Crippen molar-refractivity contribution in [3.63, 3.8) is 0 Å². The number of anilines is 1. The molecule has 19 heavy (non-hydrogen) atoms. The lowest BCUT2D eigenvalue weighted by Gasteiger charge is -2.35. The number of aryl methyl sites for hydroxylation is 1. The summed E-state index contributed by atoms with van der Waals surface area (Å²) in [4.78, 5) is 20.9. The molecule has 0 aliphatic carbocycles. The van der Waals surface area contributed by atoms with Crippen LogP contribution in [-0.4, -0.2) is 27.5 Å². The summed E-state index contributed by atoms with van der Waals surface area (Å²) in [5.41, 5.74) is 0.296. The van der Waals surface area contributed by atoms with E-state index >= 15 is 0 Å². The second-order valence-electron chi connectivity index (χ2n) is 4.76. The molecule has 0 saturated carbocycles. The Hall–Kier alpha value is -1.43. The molecule has 1 aromatic rings. The second kappa shape index (κ2) is 5.69. The van der Waals surface area contributed by atoms with Crippen molar-refractivity contribution in [2.75, 3.05) is 11.4 Å². The highest BCUT2D eigenvalue weighted by Gasteiger charge is 2.31. The summed E-state index contributed by atoms with van der Waals surface area (Å²) in [6.45, 7) is 4.47. The van der Waals surface area contributed by atoms with Crippen molar-refractivity contribution in [2.24, 2.45) is 0 Å². The van der Waals surface area contributed by atoms with Gasteiger partial charge in [-0.1, -0.05) is 6.92 Å². The fourth-order valence-corrected chi connectivity index (χ4v) is 2.84. The molecule has 2 heterocycles. The molecule has 104 valence electrons. The van der Waals surface area contributed by atoms with Crippen LogP contribution in [0.25, 0.3) is 0 Å². The van der Waals surface area contributed by atoms with Gasteiger partial charge in [0.2, 0.25) is 11.1 Å². The predicted octanol–water partition coefficient (Wildman–Crippen LogP) is 3.12. The van der Waals surface area contributed by atoms with Gasteiger partial charge in [0.1, 0.15) is 5.69 Å². The van der Waals surface area contributed by atoms with E-state index in [9.17, 15) is 10.1 Å². The normalized spacial score (nSPS) is 19.5. The van der Waals surface area contributed by atoms with Crippen molar-refractivity contribution in [1.29, 1.82) is 0 Å². The molecule has 6 nitrogen and oxygen atoms in total. The Morgan fingerprint density at radius 3 is 2.84 bits per heavy atom. The van der Waals surface area contributed by atoms with Gasteiger partial charge in [-0.25, -0.2) is 4.98 Å². The monoisotopic (exact) mass is 284 g/mol. The first-order chi connectivity index (χ1) is 9.04. The Labute approximate surface area is 117 Å². The highest BCUT2D eigenvalue weighted by atomic mass is 35.5. The molecule has 0 aromatic carbocycles. The van der Waals surface area contributed by atoms with E-state index in [1.54, 1.807) is 6.92 Å². The van der Waals surface area contributed by atoms with E-state index in [0.717, 1.165) is 32.2 Å². The van der Waals surface area contributed by atoms with Crippen LogP contribution in [0.3, 0.4) is 0 Å². The Kier molecular flexibility index (Phi) is 4.19. The van der Waals surface area contributed by atoms with Crippen molar-refractivity contribution in [2.45, 2.75) is 45.6 Å². The SMILES string of the molecule is CCC1CCCCN1c1nc(Cl)nc(C)c1[N+](=O)[O-]. The number of aromatic nitrogens is 2. The number of nitrogens with zero attached hydrogens (tertiary/aromatic N) is 4. The molecule has 0 spiro atoms. The van der Waals surface area contributed by atoms with Gasteiger partial charge in [0.15, 0.2) is 0 Å². The molecule has 0 N–H and O–H groups in total. The molecule has 1 atom stereocenters. The number of piperidine rings is 1. The van der Waals surface area contributed by atoms with Crippen LogP contribution in [0, 0.1) is 17.0 Å². The third-order valence-electron chi connectivity index (χ3n) is 3.57. The standard InChI is InChI=1S/C12H17ClN4O2/c1-3-9-6-4-5-7-16(9)11-10(17(18)19)8(2)14-12(13)15-11/h9H,3-7H2,1-2H3. The summed E-state index contributed by atoms with van der Waals surface area (Å²) in [5, 5.41) is 11.3. The lowest BCUT2D eigenvalue weighted by atomic mass is 10.00. The highest BCUT2D eigenvalue weighted by Crippen LogP contribution is 2.34. The largest absolute Gasteiger partial charge is 0.348 e. The zero-order chi connectivity index (χ0) is 14.0.